The highest BCUT2D eigenvalue weighted by atomic mass is 16.6. The fourth-order valence-corrected chi connectivity index (χ4v) is 1.19. The minimum Gasteiger partial charge on any atom is -0.466 e. The Morgan fingerprint density at radius 1 is 0.950 bits per heavy atom. The minimum absolute atomic E-state index is 0.0640. The first-order valence-electron chi connectivity index (χ1n) is 5.78. The van der Waals surface area contributed by atoms with Crippen LogP contribution in [0, 0.1) is 0 Å². The highest BCUT2D eigenvalue weighted by molar-refractivity contribution is 5.91. The number of hydrogen-bond donors (Lipinski definition) is 0. The SMILES string of the molecule is COC(=O)C=CC(=O)OCCOC(=O)c1ccccc1. The van der Waals surface area contributed by atoms with Crippen molar-refractivity contribution >= 4 is 17.9 Å². The molecule has 1 aromatic carbocycles. The van der Waals surface area contributed by atoms with Crippen molar-refractivity contribution < 1.29 is 28.6 Å². The van der Waals surface area contributed by atoms with Crippen LogP contribution in [0.1, 0.15) is 10.4 Å². The van der Waals surface area contributed by atoms with Gasteiger partial charge in [-0.2, -0.15) is 0 Å². The molecule has 0 amide bonds. The van der Waals surface area contributed by atoms with E-state index in [1.807, 2.05) is 0 Å². The van der Waals surface area contributed by atoms with E-state index in [1.165, 1.54) is 7.11 Å². The van der Waals surface area contributed by atoms with Crippen molar-refractivity contribution in [1.82, 2.24) is 0 Å². The zero-order chi connectivity index (χ0) is 14.8. The van der Waals surface area contributed by atoms with E-state index in [0.717, 1.165) is 12.2 Å². The van der Waals surface area contributed by atoms with E-state index in [-0.39, 0.29) is 13.2 Å². The molecule has 0 radical (unpaired) electrons. The molecular weight excluding hydrogens is 264 g/mol. The van der Waals surface area contributed by atoms with Crippen LogP contribution in [-0.2, 0) is 23.8 Å². The van der Waals surface area contributed by atoms with Gasteiger partial charge < -0.3 is 14.2 Å². The van der Waals surface area contributed by atoms with Gasteiger partial charge in [0.05, 0.1) is 12.7 Å². The Balaban J connectivity index is 2.22. The Morgan fingerprint density at radius 3 is 2.20 bits per heavy atom. The maximum atomic E-state index is 11.5. The molecule has 0 bridgehead atoms. The molecule has 0 saturated heterocycles. The number of carbonyl (C=O) groups excluding carboxylic acids is 3. The van der Waals surface area contributed by atoms with E-state index in [1.54, 1.807) is 30.3 Å². The Bertz CT molecular complexity index is 492. The second kappa shape index (κ2) is 8.47. The van der Waals surface area contributed by atoms with E-state index in [9.17, 15) is 14.4 Å². The third kappa shape index (κ3) is 5.81. The Hall–Kier alpha value is -2.63. The first-order valence-corrected chi connectivity index (χ1v) is 5.78. The number of benzene rings is 1. The summed E-state index contributed by atoms with van der Waals surface area (Å²) < 4.78 is 13.9. The lowest BCUT2D eigenvalue weighted by Gasteiger charge is -2.04. The zero-order valence-corrected chi connectivity index (χ0v) is 10.9. The van der Waals surface area contributed by atoms with Crippen molar-refractivity contribution in [2.75, 3.05) is 20.3 Å². The third-order valence-corrected chi connectivity index (χ3v) is 2.13. The van der Waals surface area contributed by atoms with E-state index in [0.29, 0.717) is 5.56 Å². The van der Waals surface area contributed by atoms with Crippen molar-refractivity contribution in [3.05, 3.63) is 48.0 Å². The summed E-state index contributed by atoms with van der Waals surface area (Å²) in [5, 5.41) is 0. The highest BCUT2D eigenvalue weighted by Crippen LogP contribution is 2.00. The van der Waals surface area contributed by atoms with Gasteiger partial charge in [-0.05, 0) is 12.1 Å². The number of methoxy groups -OCH3 is 1. The van der Waals surface area contributed by atoms with Gasteiger partial charge in [0.15, 0.2) is 0 Å². The molecule has 0 fully saturated rings. The summed E-state index contributed by atoms with van der Waals surface area (Å²) in [5.41, 5.74) is 0.421. The van der Waals surface area contributed by atoms with Crippen LogP contribution in [0.4, 0.5) is 0 Å². The number of hydrogen-bond acceptors (Lipinski definition) is 6. The zero-order valence-electron chi connectivity index (χ0n) is 10.9. The normalized spacial score (nSPS) is 10.1. The second-order valence-electron chi connectivity index (χ2n) is 3.53. The van der Waals surface area contributed by atoms with Crippen molar-refractivity contribution in [3.63, 3.8) is 0 Å². The second-order valence-corrected chi connectivity index (χ2v) is 3.53. The number of ether oxygens (including phenoxy) is 3. The predicted molar refractivity (Wildman–Crippen MR) is 68.8 cm³/mol. The quantitative estimate of drug-likeness (QED) is 0.336. The smallest absolute Gasteiger partial charge is 0.338 e. The fourth-order valence-electron chi connectivity index (χ4n) is 1.19. The molecule has 0 atom stereocenters. The van der Waals surface area contributed by atoms with Crippen LogP contribution in [0.25, 0.3) is 0 Å². The average Bonchev–Trinajstić information content (AvgIpc) is 2.49. The molecule has 1 aromatic rings. The summed E-state index contributed by atoms with van der Waals surface area (Å²) in [7, 11) is 1.20. The first kappa shape index (κ1) is 15.4. The van der Waals surface area contributed by atoms with E-state index < -0.39 is 17.9 Å². The summed E-state index contributed by atoms with van der Waals surface area (Å²) in [6, 6.07) is 8.45. The van der Waals surface area contributed by atoms with Crippen LogP contribution in [-0.4, -0.2) is 38.2 Å². The summed E-state index contributed by atoms with van der Waals surface area (Å²) in [6.45, 7) is -0.158. The van der Waals surface area contributed by atoms with Crippen LogP contribution in [0.3, 0.4) is 0 Å². The number of esters is 3. The van der Waals surface area contributed by atoms with Crippen molar-refractivity contribution in [1.29, 1.82) is 0 Å². The maximum absolute atomic E-state index is 11.5. The van der Waals surface area contributed by atoms with Crippen LogP contribution in [0.2, 0.25) is 0 Å². The predicted octanol–water partition coefficient (Wildman–Crippen LogP) is 1.12. The minimum atomic E-state index is -0.717. The van der Waals surface area contributed by atoms with Gasteiger partial charge in [-0.3, -0.25) is 0 Å². The van der Waals surface area contributed by atoms with Gasteiger partial charge in [0.25, 0.3) is 0 Å². The van der Waals surface area contributed by atoms with Crippen LogP contribution in [0.5, 0.6) is 0 Å². The third-order valence-electron chi connectivity index (χ3n) is 2.13. The molecule has 6 nitrogen and oxygen atoms in total. The summed E-state index contributed by atoms with van der Waals surface area (Å²) in [4.78, 5) is 33.3. The average molecular weight is 278 g/mol. The van der Waals surface area contributed by atoms with Crippen LogP contribution in [0.15, 0.2) is 42.5 Å². The van der Waals surface area contributed by atoms with Crippen LogP contribution >= 0.6 is 0 Å². The fraction of sp³-hybridized carbons (Fsp3) is 0.214. The van der Waals surface area contributed by atoms with E-state index in [2.05, 4.69) is 4.74 Å². The van der Waals surface area contributed by atoms with Gasteiger partial charge in [0, 0.05) is 12.2 Å². The molecule has 20 heavy (non-hydrogen) atoms. The lowest BCUT2D eigenvalue weighted by molar-refractivity contribution is -0.140. The molecule has 106 valence electrons. The van der Waals surface area contributed by atoms with Gasteiger partial charge in [0.1, 0.15) is 13.2 Å². The van der Waals surface area contributed by atoms with Crippen molar-refractivity contribution in [2.45, 2.75) is 0 Å². The first-order chi connectivity index (χ1) is 9.63. The number of rotatable bonds is 6. The van der Waals surface area contributed by atoms with Crippen molar-refractivity contribution in [3.8, 4) is 0 Å². The lowest BCUT2D eigenvalue weighted by atomic mass is 10.2. The van der Waals surface area contributed by atoms with Gasteiger partial charge in [-0.15, -0.1) is 0 Å². The summed E-state index contributed by atoms with van der Waals surface area (Å²) in [6.07, 6.45) is 1.88. The molecule has 0 spiro atoms. The Kier molecular flexibility index (Phi) is 6.53. The molecule has 0 heterocycles. The Morgan fingerprint density at radius 2 is 1.55 bits per heavy atom. The standard InChI is InChI=1S/C14H14O6/c1-18-12(15)7-8-13(16)19-9-10-20-14(17)11-5-3-2-4-6-11/h2-8H,9-10H2,1H3. The van der Waals surface area contributed by atoms with E-state index in [4.69, 9.17) is 9.47 Å². The number of carbonyl (C=O) groups is 3. The van der Waals surface area contributed by atoms with Gasteiger partial charge >= 0.3 is 17.9 Å². The molecule has 0 aliphatic rings. The molecule has 0 aliphatic carbocycles. The largest absolute Gasteiger partial charge is 0.466 e. The maximum Gasteiger partial charge on any atom is 0.338 e. The van der Waals surface area contributed by atoms with Gasteiger partial charge in [0.2, 0.25) is 0 Å². The summed E-state index contributed by atoms with van der Waals surface area (Å²) in [5.74, 6) is -1.87. The molecule has 0 aromatic heterocycles. The lowest BCUT2D eigenvalue weighted by Crippen LogP contribution is -2.13. The molecular formula is C14H14O6. The monoisotopic (exact) mass is 278 g/mol. The van der Waals surface area contributed by atoms with Gasteiger partial charge in [-0.1, -0.05) is 18.2 Å². The topological polar surface area (TPSA) is 78.9 Å². The van der Waals surface area contributed by atoms with Gasteiger partial charge in [-0.25, -0.2) is 14.4 Å². The molecule has 0 N–H and O–H groups in total. The molecule has 1 rings (SSSR count). The van der Waals surface area contributed by atoms with Crippen LogP contribution < -0.4 is 0 Å². The summed E-state index contributed by atoms with van der Waals surface area (Å²) >= 11 is 0. The Labute approximate surface area is 115 Å². The van der Waals surface area contributed by atoms with Crippen molar-refractivity contribution in [2.24, 2.45) is 0 Å². The van der Waals surface area contributed by atoms with E-state index >= 15 is 0 Å². The highest BCUT2D eigenvalue weighted by Gasteiger charge is 2.06. The molecule has 0 unspecified atom stereocenters. The molecule has 6 heteroatoms. The molecule has 0 aliphatic heterocycles. The molecule has 0 saturated carbocycles.